The highest BCUT2D eigenvalue weighted by molar-refractivity contribution is 7.98. The molecule has 1 heterocycles. The minimum Gasteiger partial charge on any atom is -0.487 e. The van der Waals surface area contributed by atoms with Crippen LogP contribution in [0.1, 0.15) is 24.7 Å². The monoisotopic (exact) mass is 427 g/mol. The second kappa shape index (κ2) is 10.4. The maximum Gasteiger partial charge on any atom is 0.311 e. The lowest BCUT2D eigenvalue weighted by Crippen LogP contribution is -2.05. The minimum absolute atomic E-state index is 0.103. The van der Waals surface area contributed by atoms with Crippen LogP contribution in [0, 0.1) is 10.1 Å². The second-order valence-corrected chi connectivity index (χ2v) is 6.87. The Hall–Kier alpha value is -3.40. The Bertz CT molecular complexity index is 1020. The van der Waals surface area contributed by atoms with Crippen molar-refractivity contribution in [2.75, 3.05) is 12.9 Å². The Morgan fingerprint density at radius 3 is 2.70 bits per heavy atom. The maximum atomic E-state index is 11.4. The van der Waals surface area contributed by atoms with Crippen molar-refractivity contribution in [3.63, 3.8) is 0 Å². The fraction of sp³-hybridized carbons (Fsp3) is 0.250. The van der Waals surface area contributed by atoms with Crippen LogP contribution in [0.4, 0.5) is 5.69 Å². The van der Waals surface area contributed by atoms with Crippen molar-refractivity contribution in [1.29, 1.82) is 0 Å². The van der Waals surface area contributed by atoms with Crippen molar-refractivity contribution >= 4 is 23.7 Å². The molecule has 2 aromatic carbocycles. The van der Waals surface area contributed by atoms with Crippen molar-refractivity contribution in [2.45, 2.75) is 25.1 Å². The van der Waals surface area contributed by atoms with Crippen molar-refractivity contribution in [1.82, 2.24) is 14.9 Å². The highest BCUT2D eigenvalue weighted by atomic mass is 32.2. The number of hydrogen-bond acceptors (Lipinski definition) is 8. The molecule has 3 rings (SSSR count). The summed E-state index contributed by atoms with van der Waals surface area (Å²) in [6.07, 6.45) is 4.15. The van der Waals surface area contributed by atoms with Crippen LogP contribution < -0.4 is 9.47 Å². The standard InChI is InChI=1S/C20H21N5O4S/c1-3-11-28-18-10-9-15(12-17(18)25(26)27)13-21-24-19(22-23-20(24)30-2)14-29-16-7-5-4-6-8-16/h4-10,12-13H,3,11,14H2,1-2H3/b21-13-. The Kier molecular flexibility index (Phi) is 7.39. The Morgan fingerprint density at radius 1 is 1.20 bits per heavy atom. The third kappa shape index (κ3) is 5.35. The molecule has 1 aromatic heterocycles. The molecule has 0 bridgehead atoms. The van der Waals surface area contributed by atoms with Gasteiger partial charge in [0.25, 0.3) is 0 Å². The lowest BCUT2D eigenvalue weighted by Gasteiger charge is -2.07. The van der Waals surface area contributed by atoms with Crippen LogP contribution >= 0.6 is 11.8 Å². The molecule has 3 aromatic rings. The van der Waals surface area contributed by atoms with Crippen molar-refractivity contribution in [3.05, 3.63) is 70.0 Å². The molecule has 30 heavy (non-hydrogen) atoms. The van der Waals surface area contributed by atoms with Crippen LogP contribution in [-0.2, 0) is 6.61 Å². The van der Waals surface area contributed by atoms with Gasteiger partial charge in [0.1, 0.15) is 12.4 Å². The summed E-state index contributed by atoms with van der Waals surface area (Å²) in [6.45, 7) is 2.53. The molecule has 0 amide bonds. The minimum atomic E-state index is -0.465. The van der Waals surface area contributed by atoms with Crippen molar-refractivity contribution < 1.29 is 14.4 Å². The molecule has 156 valence electrons. The van der Waals surface area contributed by atoms with Crippen LogP contribution in [0.25, 0.3) is 0 Å². The third-order valence-corrected chi connectivity index (χ3v) is 4.55. The van der Waals surface area contributed by atoms with E-state index in [1.807, 2.05) is 43.5 Å². The van der Waals surface area contributed by atoms with Crippen LogP contribution in [0.15, 0.2) is 58.8 Å². The van der Waals surface area contributed by atoms with Gasteiger partial charge in [0, 0.05) is 11.6 Å². The van der Waals surface area contributed by atoms with Crippen LogP contribution in [0.2, 0.25) is 0 Å². The molecule has 9 nitrogen and oxygen atoms in total. The lowest BCUT2D eigenvalue weighted by atomic mass is 10.2. The molecular formula is C20H21N5O4S. The largest absolute Gasteiger partial charge is 0.487 e. The van der Waals surface area contributed by atoms with Gasteiger partial charge in [0.2, 0.25) is 5.16 Å². The zero-order valence-electron chi connectivity index (χ0n) is 16.6. The van der Waals surface area contributed by atoms with E-state index >= 15 is 0 Å². The van der Waals surface area contributed by atoms with Gasteiger partial charge in [-0.2, -0.15) is 9.78 Å². The van der Waals surface area contributed by atoms with Crippen LogP contribution in [-0.4, -0.2) is 38.9 Å². The summed E-state index contributed by atoms with van der Waals surface area (Å²) >= 11 is 1.38. The normalized spacial score (nSPS) is 11.0. The van der Waals surface area contributed by atoms with E-state index in [-0.39, 0.29) is 18.0 Å². The quantitative estimate of drug-likeness (QED) is 0.207. The van der Waals surface area contributed by atoms with Gasteiger partial charge in [0.15, 0.2) is 11.6 Å². The maximum absolute atomic E-state index is 11.4. The summed E-state index contributed by atoms with van der Waals surface area (Å²) in [5.74, 6) is 1.46. The molecule has 0 atom stereocenters. The first kappa shape index (κ1) is 21.3. The highest BCUT2D eigenvalue weighted by Crippen LogP contribution is 2.27. The van der Waals surface area contributed by atoms with Gasteiger partial charge in [-0.25, -0.2) is 0 Å². The third-order valence-electron chi connectivity index (χ3n) is 3.93. The SMILES string of the molecule is CCCOc1ccc(/C=N\n2c(COc3ccccc3)nnc2SC)cc1[N+](=O)[O-]. The fourth-order valence-electron chi connectivity index (χ4n) is 2.51. The highest BCUT2D eigenvalue weighted by Gasteiger charge is 2.16. The average Bonchev–Trinajstić information content (AvgIpc) is 3.17. The van der Waals surface area contributed by atoms with Gasteiger partial charge in [-0.05, 0) is 36.9 Å². The molecule has 0 unspecified atom stereocenters. The Morgan fingerprint density at radius 2 is 2.00 bits per heavy atom. The van der Waals surface area contributed by atoms with E-state index in [0.29, 0.717) is 28.9 Å². The van der Waals surface area contributed by atoms with Gasteiger partial charge >= 0.3 is 5.69 Å². The number of nitrogens with zero attached hydrogens (tertiary/aromatic N) is 5. The fourth-order valence-corrected chi connectivity index (χ4v) is 2.96. The predicted octanol–water partition coefficient (Wildman–Crippen LogP) is 4.16. The Balaban J connectivity index is 1.82. The molecular weight excluding hydrogens is 406 g/mol. The van der Waals surface area contributed by atoms with Crippen LogP contribution in [0.5, 0.6) is 11.5 Å². The number of thioether (sulfide) groups is 1. The summed E-state index contributed by atoms with van der Waals surface area (Å²) in [5.41, 5.74) is 0.454. The molecule has 0 saturated carbocycles. The zero-order valence-corrected chi connectivity index (χ0v) is 17.4. The number of aromatic nitrogens is 3. The van der Waals surface area contributed by atoms with Gasteiger partial charge in [-0.15, -0.1) is 10.2 Å². The van der Waals surface area contributed by atoms with Crippen molar-refractivity contribution in [3.8, 4) is 11.5 Å². The van der Waals surface area contributed by atoms with E-state index in [0.717, 1.165) is 6.42 Å². The molecule has 0 aliphatic rings. The molecule has 0 radical (unpaired) electrons. The summed E-state index contributed by atoms with van der Waals surface area (Å²) in [5, 5.41) is 24.6. The van der Waals surface area contributed by atoms with E-state index in [2.05, 4.69) is 15.3 Å². The number of nitro groups is 1. The molecule has 0 fully saturated rings. The second-order valence-electron chi connectivity index (χ2n) is 6.09. The van der Waals surface area contributed by atoms with Crippen LogP contribution in [0.3, 0.4) is 0 Å². The Labute approximate surface area is 177 Å². The number of rotatable bonds is 10. The van der Waals surface area contributed by atoms with E-state index in [4.69, 9.17) is 9.47 Å². The summed E-state index contributed by atoms with van der Waals surface area (Å²) < 4.78 is 12.7. The average molecular weight is 427 g/mol. The molecule has 0 saturated heterocycles. The topological polar surface area (TPSA) is 105 Å². The first-order valence-corrected chi connectivity index (χ1v) is 10.5. The van der Waals surface area contributed by atoms with Gasteiger partial charge in [0.05, 0.1) is 17.7 Å². The molecule has 0 N–H and O–H groups in total. The van der Waals surface area contributed by atoms with Crippen molar-refractivity contribution in [2.24, 2.45) is 5.10 Å². The first-order chi connectivity index (χ1) is 14.6. The summed E-state index contributed by atoms with van der Waals surface area (Å²) in [6, 6.07) is 14.1. The molecule has 10 heteroatoms. The smallest absolute Gasteiger partial charge is 0.311 e. The number of nitro benzene ring substituents is 1. The van der Waals surface area contributed by atoms with E-state index in [1.165, 1.54) is 24.0 Å². The van der Waals surface area contributed by atoms with E-state index in [9.17, 15) is 10.1 Å². The number of hydrogen-bond donors (Lipinski definition) is 0. The molecule has 0 spiro atoms. The van der Waals surface area contributed by atoms with E-state index in [1.54, 1.807) is 16.8 Å². The lowest BCUT2D eigenvalue weighted by molar-refractivity contribution is -0.385. The van der Waals surface area contributed by atoms with Gasteiger partial charge < -0.3 is 9.47 Å². The number of para-hydroxylation sites is 1. The first-order valence-electron chi connectivity index (χ1n) is 9.24. The number of ether oxygens (including phenoxy) is 2. The molecule has 0 aliphatic carbocycles. The summed E-state index contributed by atoms with van der Waals surface area (Å²) in [7, 11) is 0. The summed E-state index contributed by atoms with van der Waals surface area (Å²) in [4.78, 5) is 10.9. The van der Waals surface area contributed by atoms with E-state index < -0.39 is 4.92 Å². The van der Waals surface area contributed by atoms with Gasteiger partial charge in [-0.1, -0.05) is 36.9 Å². The number of benzene rings is 2. The molecule has 0 aliphatic heterocycles. The zero-order chi connectivity index (χ0) is 21.3. The van der Waals surface area contributed by atoms with Gasteiger partial charge in [-0.3, -0.25) is 10.1 Å². The predicted molar refractivity (Wildman–Crippen MR) is 114 cm³/mol.